The monoisotopic (exact) mass is 266 g/mol. The number of anilines is 1. The molecule has 0 unspecified atom stereocenters. The Balaban J connectivity index is 2.68. The Morgan fingerprint density at radius 1 is 1.42 bits per heavy atom. The number of nitrogens with zero attached hydrogens (tertiary/aromatic N) is 1. The van der Waals surface area contributed by atoms with E-state index in [1.54, 1.807) is 0 Å². The summed E-state index contributed by atoms with van der Waals surface area (Å²) < 4.78 is 0. The first kappa shape index (κ1) is 15.2. The smallest absolute Gasteiger partial charge is 0.252 e. The molecule has 106 valence electrons. The largest absolute Gasteiger partial charge is 0.361 e. The lowest BCUT2D eigenvalue weighted by Gasteiger charge is -2.20. The molecule has 1 heterocycles. The van der Waals surface area contributed by atoms with E-state index in [1.165, 1.54) is 6.07 Å². The van der Waals surface area contributed by atoms with Crippen molar-refractivity contribution in [1.29, 1.82) is 0 Å². The van der Waals surface area contributed by atoms with Gasteiger partial charge in [-0.05, 0) is 20.8 Å². The molecule has 0 bridgehead atoms. The molecule has 0 fully saturated rings. The molecular weight excluding hydrogens is 244 g/mol. The lowest BCUT2D eigenvalue weighted by molar-refractivity contribution is -0.120. The molecule has 0 atom stereocenters. The molecule has 0 spiro atoms. The standard InChI is InChI=1S/C13H22N4O2/c1-8(2)12-15-9(6-10(18)16-12)14-7-11(19)17-13(3,4)5/h6,8H,7H2,1-5H3,(H,17,19)(H2,14,15,16,18). The van der Waals surface area contributed by atoms with Gasteiger partial charge < -0.3 is 15.6 Å². The third-order valence-electron chi connectivity index (χ3n) is 2.25. The third-order valence-corrected chi connectivity index (χ3v) is 2.25. The van der Waals surface area contributed by atoms with Crippen LogP contribution in [0, 0.1) is 0 Å². The van der Waals surface area contributed by atoms with Crippen LogP contribution in [0.15, 0.2) is 10.9 Å². The molecule has 0 aliphatic carbocycles. The first-order chi connectivity index (χ1) is 8.67. The van der Waals surface area contributed by atoms with Gasteiger partial charge in [-0.15, -0.1) is 0 Å². The predicted molar refractivity (Wildman–Crippen MR) is 75.3 cm³/mol. The topological polar surface area (TPSA) is 86.9 Å². The summed E-state index contributed by atoms with van der Waals surface area (Å²) in [7, 11) is 0. The van der Waals surface area contributed by atoms with E-state index in [9.17, 15) is 9.59 Å². The molecule has 1 aromatic heterocycles. The minimum atomic E-state index is -0.274. The zero-order valence-electron chi connectivity index (χ0n) is 12.1. The van der Waals surface area contributed by atoms with Gasteiger partial charge in [-0.3, -0.25) is 9.59 Å². The molecule has 1 aromatic rings. The number of amides is 1. The van der Waals surface area contributed by atoms with Crippen LogP contribution in [0.5, 0.6) is 0 Å². The summed E-state index contributed by atoms with van der Waals surface area (Å²) in [5.41, 5.74) is -0.499. The van der Waals surface area contributed by atoms with E-state index in [-0.39, 0.29) is 29.5 Å². The summed E-state index contributed by atoms with van der Waals surface area (Å²) in [4.78, 5) is 30.0. The van der Waals surface area contributed by atoms with Gasteiger partial charge >= 0.3 is 0 Å². The number of hydrogen-bond acceptors (Lipinski definition) is 4. The van der Waals surface area contributed by atoms with Gasteiger partial charge in [-0.1, -0.05) is 13.8 Å². The van der Waals surface area contributed by atoms with Gasteiger partial charge in [0, 0.05) is 17.5 Å². The van der Waals surface area contributed by atoms with E-state index in [0.717, 1.165) is 0 Å². The Kier molecular flexibility index (Phi) is 4.69. The molecule has 3 N–H and O–H groups in total. The van der Waals surface area contributed by atoms with E-state index in [0.29, 0.717) is 11.6 Å². The zero-order chi connectivity index (χ0) is 14.6. The zero-order valence-corrected chi connectivity index (χ0v) is 12.1. The summed E-state index contributed by atoms with van der Waals surface area (Å²) in [6.45, 7) is 9.70. The van der Waals surface area contributed by atoms with Gasteiger partial charge in [-0.2, -0.15) is 0 Å². The molecule has 0 aliphatic rings. The lowest BCUT2D eigenvalue weighted by Crippen LogP contribution is -2.43. The van der Waals surface area contributed by atoms with Gasteiger partial charge in [0.25, 0.3) is 5.56 Å². The summed E-state index contributed by atoms with van der Waals surface area (Å²) >= 11 is 0. The maximum Gasteiger partial charge on any atom is 0.252 e. The van der Waals surface area contributed by atoms with Crippen molar-refractivity contribution in [2.24, 2.45) is 0 Å². The molecule has 0 radical (unpaired) electrons. The Hall–Kier alpha value is -1.85. The van der Waals surface area contributed by atoms with E-state index in [2.05, 4.69) is 20.6 Å². The molecule has 1 amide bonds. The average molecular weight is 266 g/mol. The second-order valence-corrected chi connectivity index (χ2v) is 5.82. The number of rotatable bonds is 4. The van der Waals surface area contributed by atoms with E-state index in [1.807, 2.05) is 34.6 Å². The highest BCUT2D eigenvalue weighted by molar-refractivity contribution is 5.80. The normalized spacial score (nSPS) is 11.5. The van der Waals surface area contributed by atoms with Gasteiger partial charge in [0.1, 0.15) is 11.6 Å². The SMILES string of the molecule is CC(C)c1nc(NCC(=O)NC(C)(C)C)cc(=O)[nH]1. The van der Waals surface area contributed by atoms with Gasteiger partial charge in [0.2, 0.25) is 5.91 Å². The van der Waals surface area contributed by atoms with E-state index in [4.69, 9.17) is 0 Å². The molecule has 0 saturated heterocycles. The van der Waals surface area contributed by atoms with Crippen LogP contribution in [0.2, 0.25) is 0 Å². The van der Waals surface area contributed by atoms with Crippen molar-refractivity contribution in [3.8, 4) is 0 Å². The van der Waals surface area contributed by atoms with Crippen LogP contribution >= 0.6 is 0 Å². The number of H-pyrrole nitrogens is 1. The number of aromatic nitrogens is 2. The number of aromatic amines is 1. The minimum absolute atomic E-state index is 0.0886. The minimum Gasteiger partial charge on any atom is -0.361 e. The van der Waals surface area contributed by atoms with Crippen LogP contribution in [0.4, 0.5) is 5.82 Å². The fourth-order valence-electron chi connectivity index (χ4n) is 1.47. The van der Waals surface area contributed by atoms with Crippen LogP contribution in [0.25, 0.3) is 0 Å². The second-order valence-electron chi connectivity index (χ2n) is 5.82. The maximum absolute atomic E-state index is 11.6. The summed E-state index contributed by atoms with van der Waals surface area (Å²) in [5, 5.41) is 5.69. The Morgan fingerprint density at radius 3 is 2.58 bits per heavy atom. The van der Waals surface area contributed by atoms with E-state index >= 15 is 0 Å². The summed E-state index contributed by atoms with van der Waals surface area (Å²) in [6.07, 6.45) is 0. The van der Waals surface area contributed by atoms with Crippen molar-refractivity contribution in [3.63, 3.8) is 0 Å². The number of hydrogen-bond donors (Lipinski definition) is 3. The quantitative estimate of drug-likeness (QED) is 0.764. The first-order valence-electron chi connectivity index (χ1n) is 6.33. The maximum atomic E-state index is 11.6. The van der Waals surface area contributed by atoms with Crippen LogP contribution in [0.1, 0.15) is 46.4 Å². The van der Waals surface area contributed by atoms with Gasteiger partial charge in [-0.25, -0.2) is 4.98 Å². The molecule has 6 nitrogen and oxygen atoms in total. The number of nitrogens with one attached hydrogen (secondary N) is 3. The highest BCUT2D eigenvalue weighted by Crippen LogP contribution is 2.08. The molecule has 0 aromatic carbocycles. The Labute approximate surface area is 113 Å². The highest BCUT2D eigenvalue weighted by Gasteiger charge is 2.13. The molecule has 19 heavy (non-hydrogen) atoms. The fraction of sp³-hybridized carbons (Fsp3) is 0.615. The van der Waals surface area contributed by atoms with Crippen LogP contribution in [-0.2, 0) is 4.79 Å². The first-order valence-corrected chi connectivity index (χ1v) is 6.33. The van der Waals surface area contributed by atoms with Crippen molar-refractivity contribution in [2.75, 3.05) is 11.9 Å². The van der Waals surface area contributed by atoms with Crippen molar-refractivity contribution < 1.29 is 4.79 Å². The van der Waals surface area contributed by atoms with Crippen molar-refractivity contribution in [3.05, 3.63) is 22.2 Å². The Morgan fingerprint density at radius 2 is 2.05 bits per heavy atom. The Bertz CT molecular complexity index is 500. The molecule has 0 saturated carbocycles. The summed E-state index contributed by atoms with van der Waals surface area (Å²) in [5.74, 6) is 1.00. The van der Waals surface area contributed by atoms with Crippen molar-refractivity contribution >= 4 is 11.7 Å². The van der Waals surface area contributed by atoms with Crippen molar-refractivity contribution in [2.45, 2.75) is 46.1 Å². The van der Waals surface area contributed by atoms with Gasteiger partial charge in [0.15, 0.2) is 0 Å². The van der Waals surface area contributed by atoms with Gasteiger partial charge in [0.05, 0.1) is 6.54 Å². The number of carbonyl (C=O) groups is 1. The van der Waals surface area contributed by atoms with Crippen LogP contribution in [0.3, 0.4) is 0 Å². The second kappa shape index (κ2) is 5.86. The van der Waals surface area contributed by atoms with Crippen molar-refractivity contribution in [1.82, 2.24) is 15.3 Å². The summed E-state index contributed by atoms with van der Waals surface area (Å²) in [6, 6.07) is 1.34. The highest BCUT2D eigenvalue weighted by atomic mass is 16.2. The lowest BCUT2D eigenvalue weighted by atomic mass is 10.1. The molecule has 6 heteroatoms. The van der Waals surface area contributed by atoms with Crippen LogP contribution in [-0.4, -0.2) is 28.0 Å². The number of carbonyl (C=O) groups excluding carboxylic acids is 1. The molecule has 0 aliphatic heterocycles. The molecule has 1 rings (SSSR count). The third kappa shape index (κ3) is 5.54. The average Bonchev–Trinajstić information content (AvgIpc) is 2.23. The fourth-order valence-corrected chi connectivity index (χ4v) is 1.47. The molecular formula is C13H22N4O2. The van der Waals surface area contributed by atoms with Crippen LogP contribution < -0.4 is 16.2 Å². The predicted octanol–water partition coefficient (Wildman–Crippen LogP) is 1.22. The van der Waals surface area contributed by atoms with E-state index < -0.39 is 0 Å².